The van der Waals surface area contributed by atoms with Crippen LogP contribution in [0.25, 0.3) is 0 Å². The largest absolute Gasteiger partial charge is 0.399 e. The van der Waals surface area contributed by atoms with Crippen molar-refractivity contribution in [2.75, 3.05) is 5.73 Å². The van der Waals surface area contributed by atoms with Gasteiger partial charge in [0.25, 0.3) is 5.56 Å². The van der Waals surface area contributed by atoms with Crippen molar-refractivity contribution in [2.45, 2.75) is 32.7 Å². The fourth-order valence-electron chi connectivity index (χ4n) is 2.85. The van der Waals surface area contributed by atoms with Crippen LogP contribution in [0, 0.1) is 6.92 Å². The Morgan fingerprint density at radius 3 is 2.89 bits per heavy atom. The maximum Gasteiger partial charge on any atom is 0.251 e. The SMILES string of the molecule is Cc1c(N)cccc1Cn1c2c(ccc1=O)CCC2. The summed E-state index contributed by atoms with van der Waals surface area (Å²) in [6.07, 6.45) is 3.24. The summed E-state index contributed by atoms with van der Waals surface area (Å²) in [5.74, 6) is 0. The van der Waals surface area contributed by atoms with Crippen molar-refractivity contribution in [3.8, 4) is 0 Å². The average Bonchev–Trinajstić information content (AvgIpc) is 2.86. The third kappa shape index (κ3) is 2.05. The van der Waals surface area contributed by atoms with Crippen molar-refractivity contribution in [1.82, 2.24) is 4.57 Å². The van der Waals surface area contributed by atoms with Gasteiger partial charge in [-0.2, -0.15) is 0 Å². The van der Waals surface area contributed by atoms with Crippen LogP contribution in [0.5, 0.6) is 0 Å². The standard InChI is InChI=1S/C16H18N2O/c1-11-13(5-2-6-14(11)17)10-18-15-7-3-4-12(15)8-9-16(18)19/h2,5-6,8-9H,3-4,7,10,17H2,1H3. The van der Waals surface area contributed by atoms with Crippen molar-refractivity contribution in [1.29, 1.82) is 0 Å². The molecular weight excluding hydrogens is 236 g/mol. The minimum absolute atomic E-state index is 0.0856. The number of hydrogen-bond acceptors (Lipinski definition) is 2. The lowest BCUT2D eigenvalue weighted by atomic mass is 10.1. The molecule has 0 atom stereocenters. The normalized spacial score (nSPS) is 13.5. The summed E-state index contributed by atoms with van der Waals surface area (Å²) in [5, 5.41) is 0. The number of aromatic nitrogens is 1. The monoisotopic (exact) mass is 254 g/mol. The van der Waals surface area contributed by atoms with E-state index in [1.165, 1.54) is 11.3 Å². The number of nitrogen functional groups attached to an aromatic ring is 1. The molecule has 0 saturated heterocycles. The van der Waals surface area contributed by atoms with Gasteiger partial charge in [0, 0.05) is 17.4 Å². The van der Waals surface area contributed by atoms with Gasteiger partial charge in [-0.3, -0.25) is 4.79 Å². The maximum absolute atomic E-state index is 12.1. The van der Waals surface area contributed by atoms with E-state index in [-0.39, 0.29) is 5.56 Å². The Kier molecular flexibility index (Phi) is 2.90. The summed E-state index contributed by atoms with van der Waals surface area (Å²) in [4.78, 5) is 12.1. The molecule has 0 aliphatic heterocycles. The third-order valence-corrected chi connectivity index (χ3v) is 4.07. The molecule has 1 aromatic carbocycles. The average molecular weight is 254 g/mol. The summed E-state index contributed by atoms with van der Waals surface area (Å²) in [5.41, 5.74) is 11.5. The van der Waals surface area contributed by atoms with Crippen LogP contribution >= 0.6 is 0 Å². The van der Waals surface area contributed by atoms with Gasteiger partial charge in [0.15, 0.2) is 0 Å². The number of fused-ring (bicyclic) bond motifs is 1. The molecule has 0 bridgehead atoms. The number of anilines is 1. The number of aryl methyl sites for hydroxylation is 1. The molecule has 0 amide bonds. The van der Waals surface area contributed by atoms with Crippen LogP contribution in [0.4, 0.5) is 5.69 Å². The Labute approximate surface area is 112 Å². The van der Waals surface area contributed by atoms with E-state index in [0.29, 0.717) is 6.54 Å². The van der Waals surface area contributed by atoms with Crippen molar-refractivity contribution >= 4 is 5.69 Å². The van der Waals surface area contributed by atoms with Gasteiger partial charge in [-0.1, -0.05) is 18.2 Å². The molecule has 3 rings (SSSR count). The minimum atomic E-state index is 0.0856. The molecule has 0 fully saturated rings. The van der Waals surface area contributed by atoms with Crippen LogP contribution < -0.4 is 11.3 Å². The number of benzene rings is 1. The summed E-state index contributed by atoms with van der Waals surface area (Å²) in [6.45, 7) is 2.64. The third-order valence-electron chi connectivity index (χ3n) is 4.07. The second-order valence-electron chi connectivity index (χ2n) is 5.21. The second-order valence-corrected chi connectivity index (χ2v) is 5.21. The van der Waals surface area contributed by atoms with Crippen molar-refractivity contribution in [3.63, 3.8) is 0 Å². The first-order valence-corrected chi connectivity index (χ1v) is 6.72. The molecule has 0 radical (unpaired) electrons. The first-order chi connectivity index (χ1) is 9.16. The van der Waals surface area contributed by atoms with E-state index < -0.39 is 0 Å². The molecule has 2 aromatic rings. The van der Waals surface area contributed by atoms with Gasteiger partial charge in [-0.15, -0.1) is 0 Å². The number of nitrogens with two attached hydrogens (primary N) is 1. The first-order valence-electron chi connectivity index (χ1n) is 6.72. The topological polar surface area (TPSA) is 48.0 Å². The summed E-state index contributed by atoms with van der Waals surface area (Å²) in [6, 6.07) is 9.56. The van der Waals surface area contributed by atoms with Gasteiger partial charge >= 0.3 is 0 Å². The van der Waals surface area contributed by atoms with E-state index in [0.717, 1.165) is 36.1 Å². The molecule has 3 heteroatoms. The maximum atomic E-state index is 12.1. The van der Waals surface area contributed by atoms with Gasteiger partial charge in [0.2, 0.25) is 0 Å². The molecule has 1 heterocycles. The number of pyridine rings is 1. The van der Waals surface area contributed by atoms with E-state index in [1.807, 2.05) is 35.8 Å². The second kappa shape index (κ2) is 4.57. The van der Waals surface area contributed by atoms with Gasteiger partial charge < -0.3 is 10.3 Å². The van der Waals surface area contributed by atoms with Crippen LogP contribution in [-0.2, 0) is 19.4 Å². The van der Waals surface area contributed by atoms with Crippen molar-refractivity contribution in [3.05, 3.63) is 63.1 Å². The lowest BCUT2D eigenvalue weighted by Gasteiger charge is -2.14. The highest BCUT2D eigenvalue weighted by Crippen LogP contribution is 2.22. The van der Waals surface area contributed by atoms with Crippen LogP contribution in [0.15, 0.2) is 35.1 Å². The Morgan fingerprint density at radius 2 is 2.05 bits per heavy atom. The zero-order valence-corrected chi connectivity index (χ0v) is 11.1. The molecule has 0 saturated carbocycles. The fraction of sp³-hybridized carbons (Fsp3) is 0.312. The predicted octanol–water partition coefficient (Wildman–Crippen LogP) is 2.28. The highest BCUT2D eigenvalue weighted by atomic mass is 16.1. The Bertz CT molecular complexity index is 686. The van der Waals surface area contributed by atoms with Crippen LogP contribution in [0.3, 0.4) is 0 Å². The van der Waals surface area contributed by atoms with Crippen LogP contribution in [0.1, 0.15) is 28.8 Å². The molecule has 0 unspecified atom stereocenters. The molecule has 2 N–H and O–H groups in total. The number of rotatable bonds is 2. The summed E-state index contributed by atoms with van der Waals surface area (Å²) >= 11 is 0. The fourth-order valence-corrected chi connectivity index (χ4v) is 2.85. The molecule has 98 valence electrons. The van der Waals surface area contributed by atoms with Gasteiger partial charge in [-0.25, -0.2) is 0 Å². The highest BCUT2D eigenvalue weighted by Gasteiger charge is 2.16. The molecule has 0 spiro atoms. The van der Waals surface area contributed by atoms with Gasteiger partial charge in [0.1, 0.15) is 0 Å². The molecule has 19 heavy (non-hydrogen) atoms. The molecule has 1 aliphatic carbocycles. The van der Waals surface area contributed by atoms with Crippen molar-refractivity contribution < 1.29 is 0 Å². The molecule has 1 aromatic heterocycles. The Hall–Kier alpha value is -2.03. The first kappa shape index (κ1) is 12.0. The predicted molar refractivity (Wildman–Crippen MR) is 77.4 cm³/mol. The van der Waals surface area contributed by atoms with Crippen LogP contribution in [0.2, 0.25) is 0 Å². The zero-order chi connectivity index (χ0) is 13.4. The van der Waals surface area contributed by atoms with E-state index in [1.54, 1.807) is 6.07 Å². The summed E-state index contributed by atoms with van der Waals surface area (Å²) in [7, 11) is 0. The van der Waals surface area contributed by atoms with E-state index in [9.17, 15) is 4.79 Å². The smallest absolute Gasteiger partial charge is 0.251 e. The molecular formula is C16H18N2O. The summed E-state index contributed by atoms with van der Waals surface area (Å²) < 4.78 is 1.91. The minimum Gasteiger partial charge on any atom is -0.399 e. The molecule has 1 aliphatic rings. The van der Waals surface area contributed by atoms with Gasteiger partial charge in [0.05, 0.1) is 6.54 Å². The molecule has 3 nitrogen and oxygen atoms in total. The lowest BCUT2D eigenvalue weighted by Crippen LogP contribution is -2.23. The Balaban J connectivity index is 2.07. The number of hydrogen-bond donors (Lipinski definition) is 1. The van der Waals surface area contributed by atoms with E-state index in [2.05, 4.69) is 0 Å². The van der Waals surface area contributed by atoms with Crippen LogP contribution in [-0.4, -0.2) is 4.57 Å². The number of nitrogens with zero attached hydrogens (tertiary/aromatic N) is 1. The lowest BCUT2D eigenvalue weighted by molar-refractivity contribution is 0.705. The highest BCUT2D eigenvalue weighted by molar-refractivity contribution is 5.50. The zero-order valence-electron chi connectivity index (χ0n) is 11.1. The van der Waals surface area contributed by atoms with E-state index in [4.69, 9.17) is 5.73 Å². The van der Waals surface area contributed by atoms with Gasteiger partial charge in [-0.05, 0) is 48.9 Å². The van der Waals surface area contributed by atoms with Crippen molar-refractivity contribution in [2.24, 2.45) is 0 Å². The Morgan fingerprint density at radius 1 is 1.21 bits per heavy atom. The van der Waals surface area contributed by atoms with E-state index >= 15 is 0 Å². The quantitative estimate of drug-likeness (QED) is 0.836.